The molecule has 82 valence electrons. The van der Waals surface area contributed by atoms with Gasteiger partial charge in [-0.25, -0.2) is 9.97 Å². The Morgan fingerprint density at radius 2 is 2.40 bits per heavy atom. The second-order valence-electron chi connectivity index (χ2n) is 4.32. The lowest BCUT2D eigenvalue weighted by molar-refractivity contribution is 0.276. The third-order valence-corrected chi connectivity index (χ3v) is 3.32. The maximum atomic E-state index is 5.59. The Morgan fingerprint density at radius 3 is 3.00 bits per heavy atom. The fourth-order valence-corrected chi connectivity index (χ4v) is 2.41. The number of nitrogen functional groups attached to an aromatic ring is 1. The smallest absolute Gasteiger partial charge is 0.220 e. The molecule has 1 aliphatic rings. The monoisotopic (exact) mass is 206 g/mol. The largest absolute Gasteiger partial charge is 0.368 e. The molecular formula is C11H18N4. The highest BCUT2D eigenvalue weighted by Crippen LogP contribution is 2.28. The normalized spacial score (nSPS) is 24.3. The molecular weight excluding hydrogens is 188 g/mol. The molecule has 4 heteroatoms. The van der Waals surface area contributed by atoms with Gasteiger partial charge < -0.3 is 10.6 Å². The zero-order chi connectivity index (χ0) is 10.8. The van der Waals surface area contributed by atoms with Crippen LogP contribution in [0.25, 0.3) is 0 Å². The maximum Gasteiger partial charge on any atom is 0.220 e. The summed E-state index contributed by atoms with van der Waals surface area (Å²) >= 11 is 0. The number of nitrogens with zero attached hydrogens (tertiary/aromatic N) is 3. The summed E-state index contributed by atoms with van der Waals surface area (Å²) in [6.45, 7) is 3.41. The summed E-state index contributed by atoms with van der Waals surface area (Å²) < 4.78 is 0. The molecule has 1 aromatic heterocycles. The number of rotatable bonds is 2. The molecule has 4 nitrogen and oxygen atoms in total. The van der Waals surface area contributed by atoms with Gasteiger partial charge >= 0.3 is 0 Å². The maximum absolute atomic E-state index is 5.59. The summed E-state index contributed by atoms with van der Waals surface area (Å²) in [6, 6.07) is 2.56. The van der Waals surface area contributed by atoms with Gasteiger partial charge in [-0.05, 0) is 32.5 Å². The number of nitrogens with two attached hydrogens (primary N) is 1. The van der Waals surface area contributed by atoms with E-state index in [1.165, 1.54) is 19.4 Å². The molecule has 2 atom stereocenters. The van der Waals surface area contributed by atoms with E-state index in [1.54, 1.807) is 6.20 Å². The number of hydrogen-bond donors (Lipinski definition) is 1. The molecule has 0 saturated carbocycles. The molecule has 0 spiro atoms. The van der Waals surface area contributed by atoms with E-state index in [0.717, 1.165) is 5.69 Å². The highest BCUT2D eigenvalue weighted by molar-refractivity contribution is 5.20. The average molecular weight is 206 g/mol. The van der Waals surface area contributed by atoms with Crippen molar-refractivity contribution in [2.45, 2.75) is 31.7 Å². The van der Waals surface area contributed by atoms with Crippen molar-refractivity contribution in [1.29, 1.82) is 0 Å². The van der Waals surface area contributed by atoms with Crippen LogP contribution in [0.4, 0.5) is 5.95 Å². The molecule has 2 heterocycles. The highest BCUT2D eigenvalue weighted by atomic mass is 15.2. The van der Waals surface area contributed by atoms with Crippen molar-refractivity contribution < 1.29 is 0 Å². The van der Waals surface area contributed by atoms with E-state index in [9.17, 15) is 0 Å². The van der Waals surface area contributed by atoms with Gasteiger partial charge in [0.05, 0.1) is 5.69 Å². The summed E-state index contributed by atoms with van der Waals surface area (Å²) in [6.07, 6.45) is 4.27. The lowest BCUT2D eigenvalue weighted by atomic mass is 9.96. The van der Waals surface area contributed by atoms with Crippen LogP contribution >= 0.6 is 0 Å². The second kappa shape index (κ2) is 4.14. The number of likely N-dealkylation sites (N-methyl/N-ethyl adjacent to an activating group) is 1. The average Bonchev–Trinajstić information content (AvgIpc) is 2.63. The van der Waals surface area contributed by atoms with Gasteiger partial charge in [0.2, 0.25) is 5.95 Å². The summed E-state index contributed by atoms with van der Waals surface area (Å²) in [5, 5.41) is 0. The van der Waals surface area contributed by atoms with Crippen molar-refractivity contribution in [1.82, 2.24) is 14.9 Å². The van der Waals surface area contributed by atoms with Gasteiger partial charge in [0.1, 0.15) is 0 Å². The second-order valence-corrected chi connectivity index (χ2v) is 4.32. The number of likely N-dealkylation sites (tertiary alicyclic amines) is 1. The Bertz CT molecular complexity index is 339. The SMILES string of the molecule is C[C@H](c1ccnc(N)n1)[C@@H]1CCCN1C. The summed E-state index contributed by atoms with van der Waals surface area (Å²) in [5.41, 5.74) is 6.65. The highest BCUT2D eigenvalue weighted by Gasteiger charge is 2.28. The molecule has 0 aromatic carbocycles. The van der Waals surface area contributed by atoms with E-state index in [0.29, 0.717) is 17.9 Å². The first kappa shape index (κ1) is 10.4. The first-order valence-corrected chi connectivity index (χ1v) is 5.47. The van der Waals surface area contributed by atoms with Crippen LogP contribution in [0.2, 0.25) is 0 Å². The van der Waals surface area contributed by atoms with Crippen LogP contribution < -0.4 is 5.73 Å². The van der Waals surface area contributed by atoms with Crippen molar-refractivity contribution in [3.63, 3.8) is 0 Å². The van der Waals surface area contributed by atoms with Gasteiger partial charge in [0.15, 0.2) is 0 Å². The molecule has 0 aliphatic carbocycles. The topological polar surface area (TPSA) is 55.0 Å². The molecule has 0 amide bonds. The van der Waals surface area contributed by atoms with Crippen LogP contribution in [-0.4, -0.2) is 34.5 Å². The molecule has 0 unspecified atom stereocenters. The Morgan fingerprint density at radius 1 is 1.60 bits per heavy atom. The Balaban J connectivity index is 2.16. The van der Waals surface area contributed by atoms with Crippen molar-refractivity contribution in [3.8, 4) is 0 Å². The van der Waals surface area contributed by atoms with Gasteiger partial charge in [-0.3, -0.25) is 0 Å². The van der Waals surface area contributed by atoms with Crippen molar-refractivity contribution in [2.24, 2.45) is 0 Å². The van der Waals surface area contributed by atoms with Crippen molar-refractivity contribution in [2.75, 3.05) is 19.3 Å². The predicted octanol–water partition coefficient (Wildman–Crippen LogP) is 1.26. The van der Waals surface area contributed by atoms with Gasteiger partial charge in [-0.1, -0.05) is 6.92 Å². The zero-order valence-electron chi connectivity index (χ0n) is 9.35. The third-order valence-electron chi connectivity index (χ3n) is 3.32. The molecule has 2 N–H and O–H groups in total. The number of hydrogen-bond acceptors (Lipinski definition) is 4. The molecule has 15 heavy (non-hydrogen) atoms. The molecule has 1 aliphatic heterocycles. The first-order chi connectivity index (χ1) is 7.18. The van der Waals surface area contributed by atoms with Crippen LogP contribution in [0.3, 0.4) is 0 Å². The van der Waals surface area contributed by atoms with Gasteiger partial charge in [-0.15, -0.1) is 0 Å². The van der Waals surface area contributed by atoms with Gasteiger partial charge in [0, 0.05) is 18.2 Å². The van der Waals surface area contributed by atoms with E-state index in [4.69, 9.17) is 5.73 Å². The number of anilines is 1. The minimum Gasteiger partial charge on any atom is -0.368 e. The Labute approximate surface area is 90.5 Å². The molecule has 1 aromatic rings. The lowest BCUT2D eigenvalue weighted by Crippen LogP contribution is -2.30. The Hall–Kier alpha value is -1.16. The van der Waals surface area contributed by atoms with Gasteiger partial charge in [0.25, 0.3) is 0 Å². The van der Waals surface area contributed by atoms with Crippen LogP contribution in [0.15, 0.2) is 12.3 Å². The van der Waals surface area contributed by atoms with E-state index in [-0.39, 0.29) is 0 Å². The standard InChI is InChI=1S/C11H18N4/c1-8(10-4-3-7-15(10)2)9-5-6-13-11(12)14-9/h5-6,8,10H,3-4,7H2,1-2H3,(H2,12,13,14)/t8-,10+/m1/s1. The minimum absolute atomic E-state index is 0.375. The van der Waals surface area contributed by atoms with E-state index >= 15 is 0 Å². The van der Waals surface area contributed by atoms with E-state index in [2.05, 4.69) is 28.8 Å². The molecule has 1 saturated heterocycles. The molecule has 0 bridgehead atoms. The van der Waals surface area contributed by atoms with Crippen LogP contribution in [0, 0.1) is 0 Å². The van der Waals surface area contributed by atoms with Crippen LogP contribution in [0.1, 0.15) is 31.4 Å². The molecule has 0 radical (unpaired) electrons. The van der Waals surface area contributed by atoms with E-state index in [1.807, 2.05) is 6.07 Å². The first-order valence-electron chi connectivity index (χ1n) is 5.47. The van der Waals surface area contributed by atoms with Crippen LogP contribution in [0.5, 0.6) is 0 Å². The van der Waals surface area contributed by atoms with Gasteiger partial charge in [-0.2, -0.15) is 0 Å². The van der Waals surface area contributed by atoms with Crippen LogP contribution in [-0.2, 0) is 0 Å². The Kier molecular flexibility index (Phi) is 2.86. The summed E-state index contributed by atoms with van der Waals surface area (Å²) in [5.74, 6) is 0.808. The summed E-state index contributed by atoms with van der Waals surface area (Å²) in [4.78, 5) is 10.6. The third kappa shape index (κ3) is 2.09. The van der Waals surface area contributed by atoms with Crippen molar-refractivity contribution in [3.05, 3.63) is 18.0 Å². The lowest BCUT2D eigenvalue weighted by Gasteiger charge is -2.25. The summed E-state index contributed by atoms with van der Waals surface area (Å²) in [7, 11) is 2.18. The number of aromatic nitrogens is 2. The predicted molar refractivity (Wildman–Crippen MR) is 60.5 cm³/mol. The quantitative estimate of drug-likeness (QED) is 0.791. The molecule has 2 rings (SSSR count). The fraction of sp³-hybridized carbons (Fsp3) is 0.636. The molecule has 1 fully saturated rings. The zero-order valence-corrected chi connectivity index (χ0v) is 9.35. The minimum atomic E-state index is 0.375. The van der Waals surface area contributed by atoms with Crippen molar-refractivity contribution >= 4 is 5.95 Å². The fourth-order valence-electron chi connectivity index (χ4n) is 2.41. The van der Waals surface area contributed by atoms with E-state index < -0.39 is 0 Å².